The van der Waals surface area contributed by atoms with E-state index in [-0.39, 0.29) is 5.91 Å². The predicted octanol–water partition coefficient (Wildman–Crippen LogP) is 2.70. The van der Waals surface area contributed by atoms with Crippen molar-refractivity contribution in [1.29, 1.82) is 0 Å². The van der Waals surface area contributed by atoms with Gasteiger partial charge in [-0.25, -0.2) is 17.7 Å². The van der Waals surface area contributed by atoms with Crippen molar-refractivity contribution in [3.05, 3.63) is 60.4 Å². The second kappa shape index (κ2) is 9.11. The molecule has 0 aliphatic carbocycles. The Hall–Kier alpha value is -2.84. The molecule has 0 bridgehead atoms. The van der Waals surface area contributed by atoms with Crippen LogP contribution in [-0.4, -0.2) is 54.5 Å². The summed E-state index contributed by atoms with van der Waals surface area (Å²) >= 11 is 0. The van der Waals surface area contributed by atoms with Crippen molar-refractivity contribution < 1.29 is 13.2 Å². The second-order valence-electron chi connectivity index (χ2n) is 6.68. The Kier molecular flexibility index (Phi) is 6.56. The van der Waals surface area contributed by atoms with Gasteiger partial charge in [-0.15, -0.1) is 0 Å². The number of sulfonamides is 1. The second-order valence-corrected chi connectivity index (χ2v) is 8.66. The Morgan fingerprint density at radius 3 is 2.66 bits per heavy atom. The van der Waals surface area contributed by atoms with Crippen LogP contribution in [0.25, 0.3) is 22.2 Å². The van der Waals surface area contributed by atoms with Crippen LogP contribution >= 0.6 is 0 Å². The fraction of sp³-hybridized carbons (Fsp3) is 0.286. The lowest BCUT2D eigenvalue weighted by Gasteiger charge is -2.17. The fourth-order valence-corrected chi connectivity index (χ4v) is 4.07. The molecule has 29 heavy (non-hydrogen) atoms. The Labute approximate surface area is 170 Å². The van der Waals surface area contributed by atoms with Crippen molar-refractivity contribution >= 4 is 26.8 Å². The summed E-state index contributed by atoms with van der Waals surface area (Å²) in [7, 11) is -3.23. The van der Waals surface area contributed by atoms with Gasteiger partial charge in [0, 0.05) is 43.0 Å². The first-order valence-corrected chi connectivity index (χ1v) is 11.3. The fourth-order valence-electron chi connectivity index (χ4n) is 3.14. The minimum atomic E-state index is -3.23. The molecule has 1 aromatic carbocycles. The number of carbonyl (C=O) groups excluding carboxylic acids is 1. The monoisotopic (exact) mass is 412 g/mol. The maximum atomic E-state index is 12.9. The molecule has 2 aromatic heterocycles. The van der Waals surface area contributed by atoms with Gasteiger partial charge in [0.1, 0.15) is 0 Å². The summed E-state index contributed by atoms with van der Waals surface area (Å²) in [6.45, 7) is 2.95. The smallest absolute Gasteiger partial charge is 0.252 e. The number of nitrogens with one attached hydrogen (secondary N) is 1. The van der Waals surface area contributed by atoms with E-state index >= 15 is 0 Å². The van der Waals surface area contributed by atoms with Crippen molar-refractivity contribution in [2.45, 2.75) is 13.3 Å². The van der Waals surface area contributed by atoms with Crippen LogP contribution in [0.1, 0.15) is 23.7 Å². The number of benzene rings is 1. The molecular weight excluding hydrogens is 388 g/mol. The lowest BCUT2D eigenvalue weighted by atomic mass is 10.0. The van der Waals surface area contributed by atoms with Gasteiger partial charge in [-0.3, -0.25) is 9.78 Å². The van der Waals surface area contributed by atoms with E-state index in [0.717, 1.165) is 16.5 Å². The van der Waals surface area contributed by atoms with Crippen LogP contribution in [0.15, 0.2) is 54.9 Å². The van der Waals surface area contributed by atoms with Gasteiger partial charge in [-0.1, -0.05) is 25.1 Å². The molecule has 0 fully saturated rings. The summed E-state index contributed by atoms with van der Waals surface area (Å²) in [5.41, 5.74) is 2.77. The van der Waals surface area contributed by atoms with Crippen molar-refractivity contribution in [2.24, 2.45) is 0 Å². The molecule has 0 aliphatic heterocycles. The third-order valence-corrected chi connectivity index (χ3v) is 5.99. The standard InChI is InChI=1S/C21H24N4O3S/c1-3-25(29(2,27)28)13-7-12-23-21(26)18-14-20(16-8-6-11-22-15-16)24-19-10-5-4-9-17(18)19/h4-6,8-11,14-15H,3,7,12-13H2,1-2H3,(H,23,26). The number of pyridine rings is 2. The number of amides is 1. The summed E-state index contributed by atoms with van der Waals surface area (Å²) < 4.78 is 24.7. The minimum Gasteiger partial charge on any atom is -0.352 e. The van der Waals surface area contributed by atoms with Crippen LogP contribution in [0.2, 0.25) is 0 Å². The molecule has 0 atom stereocenters. The van der Waals surface area contributed by atoms with Gasteiger partial charge in [0.15, 0.2) is 0 Å². The third-order valence-electron chi connectivity index (χ3n) is 4.61. The molecule has 0 spiro atoms. The van der Waals surface area contributed by atoms with Gasteiger partial charge in [0.2, 0.25) is 10.0 Å². The predicted molar refractivity (Wildman–Crippen MR) is 114 cm³/mol. The first-order valence-electron chi connectivity index (χ1n) is 9.43. The third kappa shape index (κ3) is 5.16. The Morgan fingerprint density at radius 2 is 1.97 bits per heavy atom. The number of para-hydroxylation sites is 1. The van der Waals surface area contributed by atoms with E-state index in [1.807, 2.05) is 36.4 Å². The quantitative estimate of drug-likeness (QED) is 0.574. The topological polar surface area (TPSA) is 92.3 Å². The maximum Gasteiger partial charge on any atom is 0.252 e. The van der Waals surface area contributed by atoms with Crippen LogP contribution in [0.3, 0.4) is 0 Å². The average molecular weight is 413 g/mol. The number of hydrogen-bond donors (Lipinski definition) is 1. The first-order chi connectivity index (χ1) is 13.9. The molecule has 0 radical (unpaired) electrons. The molecule has 1 amide bonds. The van der Waals surface area contributed by atoms with E-state index in [1.165, 1.54) is 10.6 Å². The Balaban J connectivity index is 1.78. The van der Waals surface area contributed by atoms with Crippen LogP contribution in [0.4, 0.5) is 0 Å². The highest BCUT2D eigenvalue weighted by Gasteiger charge is 2.16. The van der Waals surface area contributed by atoms with Crippen LogP contribution in [0.5, 0.6) is 0 Å². The summed E-state index contributed by atoms with van der Waals surface area (Å²) in [5, 5.41) is 3.66. The van der Waals surface area contributed by atoms with Crippen molar-refractivity contribution in [2.75, 3.05) is 25.9 Å². The average Bonchev–Trinajstić information content (AvgIpc) is 2.72. The molecule has 0 saturated carbocycles. The highest BCUT2D eigenvalue weighted by atomic mass is 32.2. The van der Waals surface area contributed by atoms with Crippen molar-refractivity contribution in [1.82, 2.24) is 19.6 Å². The number of hydrogen-bond acceptors (Lipinski definition) is 5. The van der Waals surface area contributed by atoms with Crippen LogP contribution in [-0.2, 0) is 10.0 Å². The van der Waals surface area contributed by atoms with Gasteiger partial charge in [0.25, 0.3) is 5.91 Å². The Morgan fingerprint density at radius 1 is 1.17 bits per heavy atom. The van der Waals surface area contributed by atoms with E-state index in [9.17, 15) is 13.2 Å². The highest BCUT2D eigenvalue weighted by Crippen LogP contribution is 2.24. The van der Waals surface area contributed by atoms with Crippen molar-refractivity contribution in [3.63, 3.8) is 0 Å². The largest absolute Gasteiger partial charge is 0.352 e. The molecule has 3 aromatic rings. The van der Waals surface area contributed by atoms with Crippen LogP contribution < -0.4 is 5.32 Å². The molecule has 0 saturated heterocycles. The molecule has 152 valence electrons. The molecule has 1 N–H and O–H groups in total. The number of nitrogens with zero attached hydrogens (tertiary/aromatic N) is 3. The number of aromatic nitrogens is 2. The lowest BCUT2D eigenvalue weighted by molar-refractivity contribution is 0.0954. The van der Waals surface area contributed by atoms with E-state index in [0.29, 0.717) is 37.3 Å². The molecule has 0 unspecified atom stereocenters. The summed E-state index contributed by atoms with van der Waals surface area (Å²) in [6, 6.07) is 13.0. The van der Waals surface area contributed by atoms with Crippen molar-refractivity contribution in [3.8, 4) is 11.3 Å². The molecule has 7 nitrogen and oxygen atoms in total. The van der Waals surface area contributed by atoms with Gasteiger partial charge in [0.05, 0.1) is 23.0 Å². The normalized spacial score (nSPS) is 11.7. The highest BCUT2D eigenvalue weighted by molar-refractivity contribution is 7.88. The lowest BCUT2D eigenvalue weighted by Crippen LogP contribution is -2.33. The molecular formula is C21H24N4O3S. The number of carbonyl (C=O) groups is 1. The van der Waals surface area contributed by atoms with Gasteiger partial charge >= 0.3 is 0 Å². The van der Waals surface area contributed by atoms with Gasteiger partial charge in [-0.2, -0.15) is 0 Å². The summed E-state index contributed by atoms with van der Waals surface area (Å²) in [5.74, 6) is -0.212. The zero-order chi connectivity index (χ0) is 20.9. The zero-order valence-corrected chi connectivity index (χ0v) is 17.3. The molecule has 0 aliphatic rings. The van der Waals surface area contributed by atoms with Gasteiger partial charge in [-0.05, 0) is 30.7 Å². The Bertz CT molecular complexity index is 1100. The SMILES string of the molecule is CCN(CCCNC(=O)c1cc(-c2cccnc2)nc2ccccc12)S(C)(=O)=O. The molecule has 3 rings (SSSR count). The van der Waals surface area contributed by atoms with E-state index < -0.39 is 10.0 Å². The zero-order valence-electron chi connectivity index (χ0n) is 16.5. The van der Waals surface area contributed by atoms with E-state index in [2.05, 4.69) is 15.3 Å². The molecule has 8 heteroatoms. The minimum absolute atomic E-state index is 0.212. The van der Waals surface area contributed by atoms with E-state index in [1.54, 1.807) is 25.4 Å². The maximum absolute atomic E-state index is 12.9. The van der Waals surface area contributed by atoms with E-state index in [4.69, 9.17) is 0 Å². The first kappa shape index (κ1) is 20.9. The number of rotatable bonds is 8. The summed E-state index contributed by atoms with van der Waals surface area (Å²) in [4.78, 5) is 21.6. The number of fused-ring (bicyclic) bond motifs is 1. The van der Waals surface area contributed by atoms with Gasteiger partial charge < -0.3 is 5.32 Å². The summed E-state index contributed by atoms with van der Waals surface area (Å²) in [6.07, 6.45) is 5.13. The van der Waals surface area contributed by atoms with Crippen LogP contribution in [0, 0.1) is 0 Å². The molecule has 2 heterocycles.